The molecule has 0 unspecified atom stereocenters. The standard InChI is InChI=1S/C14H21N3O.ClH/c15-8-7-14(18)17-10-4-9-16(11-12-17)13-5-2-1-3-6-13;/h1-3,5-6H,4,7-12,15H2;1H. The van der Waals surface area contributed by atoms with E-state index in [1.165, 1.54) is 5.69 Å². The molecule has 0 radical (unpaired) electrons. The quantitative estimate of drug-likeness (QED) is 0.914. The van der Waals surface area contributed by atoms with E-state index in [0.717, 1.165) is 32.6 Å². The van der Waals surface area contributed by atoms with E-state index in [1.807, 2.05) is 11.0 Å². The first-order chi connectivity index (χ1) is 8.81. The Labute approximate surface area is 121 Å². The largest absolute Gasteiger partial charge is 0.370 e. The highest BCUT2D eigenvalue weighted by Gasteiger charge is 2.18. The molecule has 19 heavy (non-hydrogen) atoms. The zero-order valence-electron chi connectivity index (χ0n) is 11.1. The molecule has 4 nitrogen and oxygen atoms in total. The van der Waals surface area contributed by atoms with Crippen molar-refractivity contribution in [3.63, 3.8) is 0 Å². The van der Waals surface area contributed by atoms with Crippen molar-refractivity contribution < 1.29 is 4.79 Å². The van der Waals surface area contributed by atoms with Crippen LogP contribution in [0.4, 0.5) is 5.69 Å². The van der Waals surface area contributed by atoms with E-state index >= 15 is 0 Å². The second-order valence-electron chi connectivity index (χ2n) is 4.60. The number of carbonyl (C=O) groups excluding carboxylic acids is 1. The van der Waals surface area contributed by atoms with Gasteiger partial charge in [-0.25, -0.2) is 0 Å². The van der Waals surface area contributed by atoms with Crippen molar-refractivity contribution in [1.82, 2.24) is 4.90 Å². The summed E-state index contributed by atoms with van der Waals surface area (Å²) in [5.74, 6) is 0.187. The van der Waals surface area contributed by atoms with Crippen LogP contribution in [0.5, 0.6) is 0 Å². The Kier molecular flexibility index (Phi) is 6.67. The lowest BCUT2D eigenvalue weighted by Crippen LogP contribution is -2.36. The van der Waals surface area contributed by atoms with Crippen LogP contribution in [0.15, 0.2) is 30.3 Å². The Morgan fingerprint density at radius 1 is 1.11 bits per heavy atom. The maximum Gasteiger partial charge on any atom is 0.223 e. The molecule has 1 amide bonds. The molecule has 1 fully saturated rings. The molecular weight excluding hydrogens is 262 g/mol. The molecule has 1 aliphatic heterocycles. The summed E-state index contributed by atoms with van der Waals surface area (Å²) in [5, 5.41) is 0. The summed E-state index contributed by atoms with van der Waals surface area (Å²) in [4.78, 5) is 16.1. The van der Waals surface area contributed by atoms with E-state index in [9.17, 15) is 4.79 Å². The summed E-state index contributed by atoms with van der Waals surface area (Å²) in [6, 6.07) is 10.4. The van der Waals surface area contributed by atoms with Gasteiger partial charge in [-0.15, -0.1) is 12.4 Å². The fourth-order valence-electron chi connectivity index (χ4n) is 2.35. The van der Waals surface area contributed by atoms with E-state index in [0.29, 0.717) is 13.0 Å². The van der Waals surface area contributed by atoms with E-state index in [-0.39, 0.29) is 18.3 Å². The highest BCUT2D eigenvalue weighted by molar-refractivity contribution is 5.85. The van der Waals surface area contributed by atoms with Crippen LogP contribution < -0.4 is 10.6 Å². The molecule has 0 atom stereocenters. The van der Waals surface area contributed by atoms with Crippen LogP contribution in [-0.2, 0) is 4.79 Å². The average Bonchev–Trinajstić information content (AvgIpc) is 2.66. The van der Waals surface area contributed by atoms with Crippen molar-refractivity contribution in [1.29, 1.82) is 0 Å². The summed E-state index contributed by atoms with van der Waals surface area (Å²) >= 11 is 0. The van der Waals surface area contributed by atoms with Gasteiger partial charge in [0, 0.05) is 44.8 Å². The SMILES string of the molecule is Cl.NCCC(=O)N1CCCN(c2ccccc2)CC1. The van der Waals surface area contributed by atoms with Crippen molar-refractivity contribution in [2.24, 2.45) is 5.73 Å². The summed E-state index contributed by atoms with van der Waals surface area (Å²) in [6.07, 6.45) is 1.48. The van der Waals surface area contributed by atoms with E-state index in [2.05, 4.69) is 29.2 Å². The number of para-hydroxylation sites is 1. The predicted molar refractivity (Wildman–Crippen MR) is 80.8 cm³/mol. The third-order valence-electron chi connectivity index (χ3n) is 3.33. The molecule has 0 aliphatic carbocycles. The molecule has 0 spiro atoms. The van der Waals surface area contributed by atoms with Gasteiger partial charge >= 0.3 is 0 Å². The normalized spacial score (nSPS) is 15.6. The van der Waals surface area contributed by atoms with E-state index in [4.69, 9.17) is 5.73 Å². The Bertz CT molecular complexity index is 386. The first-order valence-electron chi connectivity index (χ1n) is 6.59. The fourth-order valence-corrected chi connectivity index (χ4v) is 2.35. The average molecular weight is 284 g/mol. The Hall–Kier alpha value is -1.26. The third kappa shape index (κ3) is 4.40. The van der Waals surface area contributed by atoms with Crippen LogP contribution in [0.25, 0.3) is 0 Å². The lowest BCUT2D eigenvalue weighted by Gasteiger charge is -2.23. The summed E-state index contributed by atoms with van der Waals surface area (Å²) in [6.45, 7) is 4.00. The molecule has 1 heterocycles. The number of hydrogen-bond donors (Lipinski definition) is 1. The molecule has 0 saturated carbocycles. The van der Waals surface area contributed by atoms with Crippen molar-refractivity contribution in [3.8, 4) is 0 Å². The van der Waals surface area contributed by atoms with Crippen molar-refractivity contribution in [2.75, 3.05) is 37.6 Å². The number of rotatable bonds is 3. The van der Waals surface area contributed by atoms with Crippen LogP contribution in [0.2, 0.25) is 0 Å². The Balaban J connectivity index is 0.00000180. The highest BCUT2D eigenvalue weighted by Crippen LogP contribution is 2.15. The lowest BCUT2D eigenvalue weighted by atomic mass is 10.3. The summed E-state index contributed by atoms with van der Waals surface area (Å²) in [5.41, 5.74) is 6.68. The van der Waals surface area contributed by atoms with Crippen LogP contribution in [0.3, 0.4) is 0 Å². The maximum absolute atomic E-state index is 11.8. The Morgan fingerprint density at radius 2 is 1.84 bits per heavy atom. The minimum atomic E-state index is 0. The third-order valence-corrected chi connectivity index (χ3v) is 3.33. The number of hydrogen-bond acceptors (Lipinski definition) is 3. The number of amides is 1. The number of nitrogens with zero attached hydrogens (tertiary/aromatic N) is 2. The smallest absolute Gasteiger partial charge is 0.223 e. The fraction of sp³-hybridized carbons (Fsp3) is 0.500. The number of carbonyl (C=O) groups is 1. The topological polar surface area (TPSA) is 49.6 Å². The molecule has 0 bridgehead atoms. The Morgan fingerprint density at radius 3 is 2.53 bits per heavy atom. The van der Waals surface area contributed by atoms with Gasteiger partial charge in [0.05, 0.1) is 0 Å². The minimum Gasteiger partial charge on any atom is -0.370 e. The highest BCUT2D eigenvalue weighted by atomic mass is 35.5. The predicted octanol–water partition coefficient (Wildman–Crippen LogP) is 1.50. The molecule has 106 valence electrons. The first-order valence-corrected chi connectivity index (χ1v) is 6.59. The van der Waals surface area contributed by atoms with Gasteiger partial charge in [-0.05, 0) is 18.6 Å². The van der Waals surface area contributed by atoms with Crippen LogP contribution in [-0.4, -0.2) is 43.5 Å². The van der Waals surface area contributed by atoms with Crippen LogP contribution in [0, 0.1) is 0 Å². The molecule has 5 heteroatoms. The van der Waals surface area contributed by atoms with Crippen LogP contribution >= 0.6 is 12.4 Å². The van der Waals surface area contributed by atoms with Gasteiger partial charge in [0.1, 0.15) is 0 Å². The molecule has 1 aromatic rings. The van der Waals surface area contributed by atoms with Crippen molar-refractivity contribution in [3.05, 3.63) is 30.3 Å². The second kappa shape index (κ2) is 8.02. The zero-order valence-corrected chi connectivity index (χ0v) is 11.9. The van der Waals surface area contributed by atoms with Gasteiger partial charge in [-0.2, -0.15) is 0 Å². The van der Waals surface area contributed by atoms with Gasteiger partial charge in [-0.3, -0.25) is 4.79 Å². The second-order valence-corrected chi connectivity index (χ2v) is 4.60. The van der Waals surface area contributed by atoms with Crippen LogP contribution in [0.1, 0.15) is 12.8 Å². The van der Waals surface area contributed by atoms with Gasteiger partial charge in [-0.1, -0.05) is 18.2 Å². The molecule has 1 aliphatic rings. The van der Waals surface area contributed by atoms with Gasteiger partial charge in [0.25, 0.3) is 0 Å². The van der Waals surface area contributed by atoms with E-state index in [1.54, 1.807) is 0 Å². The molecule has 2 N–H and O–H groups in total. The molecule has 1 saturated heterocycles. The first kappa shape index (κ1) is 15.8. The monoisotopic (exact) mass is 283 g/mol. The molecule has 2 rings (SSSR count). The number of nitrogens with two attached hydrogens (primary N) is 1. The molecule has 0 aromatic heterocycles. The molecule has 1 aromatic carbocycles. The summed E-state index contributed by atoms with van der Waals surface area (Å²) in [7, 11) is 0. The minimum absolute atomic E-state index is 0. The van der Waals surface area contributed by atoms with Gasteiger partial charge < -0.3 is 15.5 Å². The number of benzene rings is 1. The van der Waals surface area contributed by atoms with E-state index < -0.39 is 0 Å². The molecular formula is C14H22ClN3O. The van der Waals surface area contributed by atoms with Gasteiger partial charge in [0.15, 0.2) is 0 Å². The maximum atomic E-state index is 11.8. The van der Waals surface area contributed by atoms with Gasteiger partial charge in [0.2, 0.25) is 5.91 Å². The number of halogens is 1. The number of anilines is 1. The summed E-state index contributed by atoms with van der Waals surface area (Å²) < 4.78 is 0. The van der Waals surface area contributed by atoms with Crippen molar-refractivity contribution >= 4 is 24.0 Å². The lowest BCUT2D eigenvalue weighted by molar-refractivity contribution is -0.130. The van der Waals surface area contributed by atoms with Crippen molar-refractivity contribution in [2.45, 2.75) is 12.8 Å². The zero-order chi connectivity index (χ0) is 12.8.